The van der Waals surface area contributed by atoms with Crippen LogP contribution in [0.1, 0.15) is 43.2 Å². The average molecular weight is 262 g/mol. The van der Waals surface area contributed by atoms with Gasteiger partial charge in [-0.15, -0.1) is 0 Å². The summed E-state index contributed by atoms with van der Waals surface area (Å²) in [6, 6.07) is 1.81. The van der Waals surface area contributed by atoms with Crippen LogP contribution >= 0.6 is 0 Å². The van der Waals surface area contributed by atoms with Crippen molar-refractivity contribution in [3.8, 4) is 5.75 Å². The molecule has 1 atom stereocenters. The maximum absolute atomic E-state index is 10.5. The summed E-state index contributed by atoms with van der Waals surface area (Å²) in [7, 11) is 1.56. The number of methoxy groups -OCH3 is 1. The summed E-state index contributed by atoms with van der Waals surface area (Å²) in [5, 5.41) is 14.8. The second-order valence-electron chi connectivity index (χ2n) is 4.57. The van der Waals surface area contributed by atoms with Crippen LogP contribution in [0.3, 0.4) is 0 Å². The molecule has 6 nitrogen and oxygen atoms in total. The number of aryl methyl sites for hydroxylation is 1. The maximum atomic E-state index is 10.5. The van der Waals surface area contributed by atoms with Gasteiger partial charge in [-0.3, -0.25) is 4.68 Å². The van der Waals surface area contributed by atoms with Crippen LogP contribution in [0, 0.1) is 6.92 Å². The zero-order chi connectivity index (χ0) is 14.0. The minimum Gasteiger partial charge on any atom is -0.493 e. The Morgan fingerprint density at radius 2 is 2.11 bits per heavy atom. The second kappa shape index (κ2) is 5.36. The fraction of sp³-hybridized carbons (Fsp3) is 0.462. The summed E-state index contributed by atoms with van der Waals surface area (Å²) in [5.41, 5.74) is 1.14. The first-order chi connectivity index (χ1) is 9.04. The first-order valence-corrected chi connectivity index (χ1v) is 6.13. The molecule has 2 heterocycles. The van der Waals surface area contributed by atoms with E-state index >= 15 is 0 Å². The van der Waals surface area contributed by atoms with Crippen molar-refractivity contribution in [2.75, 3.05) is 7.11 Å². The zero-order valence-corrected chi connectivity index (χ0v) is 11.5. The molecule has 0 amide bonds. The fourth-order valence-corrected chi connectivity index (χ4v) is 1.95. The van der Waals surface area contributed by atoms with Gasteiger partial charge < -0.3 is 9.84 Å². The third-order valence-corrected chi connectivity index (χ3v) is 2.84. The lowest BCUT2D eigenvalue weighted by Gasteiger charge is -2.17. The van der Waals surface area contributed by atoms with Crippen LogP contribution in [0.5, 0.6) is 5.75 Å². The van der Waals surface area contributed by atoms with E-state index in [2.05, 4.69) is 15.1 Å². The maximum Gasteiger partial charge on any atom is 0.163 e. The number of ether oxygens (including phenoxy) is 1. The Morgan fingerprint density at radius 1 is 1.37 bits per heavy atom. The fourth-order valence-electron chi connectivity index (χ4n) is 1.95. The summed E-state index contributed by atoms with van der Waals surface area (Å²) >= 11 is 0. The van der Waals surface area contributed by atoms with Crippen LogP contribution in [0.15, 0.2) is 18.5 Å². The minimum absolute atomic E-state index is 0.122. The van der Waals surface area contributed by atoms with Gasteiger partial charge in [-0.05, 0) is 26.8 Å². The summed E-state index contributed by atoms with van der Waals surface area (Å²) in [6.45, 7) is 5.77. The van der Waals surface area contributed by atoms with Gasteiger partial charge in [0.05, 0.1) is 19.0 Å². The van der Waals surface area contributed by atoms with Crippen LogP contribution in [0.25, 0.3) is 0 Å². The molecule has 0 spiro atoms. The van der Waals surface area contributed by atoms with Gasteiger partial charge in [-0.2, -0.15) is 5.10 Å². The molecule has 0 radical (unpaired) electrons. The summed E-state index contributed by atoms with van der Waals surface area (Å²) in [5.74, 6) is 1.17. The molecule has 0 aliphatic heterocycles. The van der Waals surface area contributed by atoms with Crippen molar-refractivity contribution < 1.29 is 9.84 Å². The highest BCUT2D eigenvalue weighted by Gasteiger charge is 2.24. The normalized spacial score (nSPS) is 12.7. The van der Waals surface area contributed by atoms with Crippen LogP contribution in [0.2, 0.25) is 0 Å². The predicted molar refractivity (Wildman–Crippen MR) is 70.0 cm³/mol. The molecule has 2 aromatic heterocycles. The van der Waals surface area contributed by atoms with Crippen molar-refractivity contribution in [1.82, 2.24) is 19.7 Å². The monoisotopic (exact) mass is 262 g/mol. The Balaban J connectivity index is 2.48. The molecule has 0 bridgehead atoms. The Kier molecular flexibility index (Phi) is 3.80. The van der Waals surface area contributed by atoms with Gasteiger partial charge >= 0.3 is 0 Å². The van der Waals surface area contributed by atoms with Gasteiger partial charge in [0, 0.05) is 12.2 Å². The number of aliphatic hydroxyl groups excluding tert-OH is 1. The van der Waals surface area contributed by atoms with E-state index in [9.17, 15) is 5.11 Å². The molecule has 0 aliphatic carbocycles. The molecule has 19 heavy (non-hydrogen) atoms. The van der Waals surface area contributed by atoms with Gasteiger partial charge in [0.1, 0.15) is 17.6 Å². The molecule has 1 unspecified atom stereocenters. The molecular weight excluding hydrogens is 244 g/mol. The quantitative estimate of drug-likeness (QED) is 0.907. The number of nitrogens with zero attached hydrogens (tertiary/aromatic N) is 4. The van der Waals surface area contributed by atoms with Crippen molar-refractivity contribution in [3.05, 3.63) is 35.7 Å². The van der Waals surface area contributed by atoms with Gasteiger partial charge in [0.2, 0.25) is 0 Å². The molecule has 2 aromatic rings. The van der Waals surface area contributed by atoms with Crippen molar-refractivity contribution in [3.63, 3.8) is 0 Å². The van der Waals surface area contributed by atoms with Crippen molar-refractivity contribution in [1.29, 1.82) is 0 Å². The Labute approximate surface area is 112 Å². The first-order valence-electron chi connectivity index (χ1n) is 6.13. The molecule has 0 saturated heterocycles. The van der Waals surface area contributed by atoms with Gasteiger partial charge in [0.15, 0.2) is 5.75 Å². The highest BCUT2D eigenvalue weighted by atomic mass is 16.5. The molecular formula is C13H18N4O2. The van der Waals surface area contributed by atoms with E-state index in [1.54, 1.807) is 37.2 Å². The van der Waals surface area contributed by atoms with Gasteiger partial charge in [0.25, 0.3) is 0 Å². The zero-order valence-electron chi connectivity index (χ0n) is 11.5. The number of hydrogen-bond acceptors (Lipinski definition) is 5. The molecule has 2 rings (SSSR count). The topological polar surface area (TPSA) is 73.1 Å². The van der Waals surface area contributed by atoms with Crippen molar-refractivity contribution >= 4 is 0 Å². The van der Waals surface area contributed by atoms with E-state index < -0.39 is 6.10 Å². The first kappa shape index (κ1) is 13.5. The van der Waals surface area contributed by atoms with Crippen LogP contribution in [-0.4, -0.2) is 32.0 Å². The third kappa shape index (κ3) is 2.58. The van der Waals surface area contributed by atoms with Crippen molar-refractivity contribution in [2.24, 2.45) is 0 Å². The molecule has 1 N–H and O–H groups in total. The van der Waals surface area contributed by atoms with E-state index in [4.69, 9.17) is 4.74 Å². The molecule has 0 fully saturated rings. The predicted octanol–water partition coefficient (Wildman–Crippen LogP) is 1.65. The lowest BCUT2D eigenvalue weighted by atomic mass is 10.1. The summed E-state index contributed by atoms with van der Waals surface area (Å²) < 4.78 is 7.00. The summed E-state index contributed by atoms with van der Waals surface area (Å²) in [6.07, 6.45) is 2.34. The van der Waals surface area contributed by atoms with Crippen LogP contribution in [-0.2, 0) is 0 Å². The van der Waals surface area contributed by atoms with E-state index in [0.717, 1.165) is 0 Å². The number of rotatable bonds is 4. The molecule has 6 heteroatoms. The van der Waals surface area contributed by atoms with E-state index in [1.807, 2.05) is 13.8 Å². The highest BCUT2D eigenvalue weighted by Crippen LogP contribution is 2.30. The van der Waals surface area contributed by atoms with Crippen LogP contribution in [0.4, 0.5) is 0 Å². The average Bonchev–Trinajstić information content (AvgIpc) is 2.81. The largest absolute Gasteiger partial charge is 0.493 e. The van der Waals surface area contributed by atoms with Crippen molar-refractivity contribution in [2.45, 2.75) is 32.9 Å². The Morgan fingerprint density at radius 3 is 2.68 bits per heavy atom. The minimum atomic E-state index is -0.887. The molecule has 0 saturated carbocycles. The number of aromatic nitrogens is 4. The lowest BCUT2D eigenvalue weighted by Crippen LogP contribution is -2.14. The molecule has 102 valence electrons. The SMILES string of the molecule is COc1cnn(C(C)C)c1C(O)c1ccnc(C)n1. The Hall–Kier alpha value is -1.95. The molecule has 0 aliphatic rings. The van der Waals surface area contributed by atoms with Crippen LogP contribution < -0.4 is 4.74 Å². The Bertz CT molecular complexity index is 566. The van der Waals surface area contributed by atoms with E-state index in [0.29, 0.717) is 23.0 Å². The lowest BCUT2D eigenvalue weighted by molar-refractivity contribution is 0.194. The van der Waals surface area contributed by atoms with Gasteiger partial charge in [-0.1, -0.05) is 0 Å². The smallest absolute Gasteiger partial charge is 0.163 e. The van der Waals surface area contributed by atoms with E-state index in [1.165, 1.54) is 0 Å². The standard InChI is InChI=1S/C13H18N4O2/c1-8(2)17-12(11(19-4)7-15-17)13(18)10-5-6-14-9(3)16-10/h5-8,13,18H,1-4H3. The van der Waals surface area contributed by atoms with Gasteiger partial charge in [-0.25, -0.2) is 9.97 Å². The second-order valence-corrected chi connectivity index (χ2v) is 4.57. The number of aliphatic hydroxyl groups is 1. The third-order valence-electron chi connectivity index (χ3n) is 2.84. The highest BCUT2D eigenvalue weighted by molar-refractivity contribution is 5.32. The molecule has 0 aromatic carbocycles. The summed E-state index contributed by atoms with van der Waals surface area (Å²) in [4.78, 5) is 8.27. The number of hydrogen-bond donors (Lipinski definition) is 1. The van der Waals surface area contributed by atoms with E-state index in [-0.39, 0.29) is 6.04 Å².